The fourth-order valence-corrected chi connectivity index (χ4v) is 11.5. The average Bonchev–Trinajstić information content (AvgIpc) is 4.03. The zero-order valence-electron chi connectivity index (χ0n) is 34.8. The number of furan rings is 2. The number of rotatable bonds is 4. The molecule has 0 saturated heterocycles. The average molecular weight is 815 g/mol. The van der Waals surface area contributed by atoms with Crippen LogP contribution in [0.1, 0.15) is 33.4 Å². The third kappa shape index (κ3) is 4.85. The van der Waals surface area contributed by atoms with Gasteiger partial charge in [-0.15, -0.1) is 0 Å². The smallest absolute Gasteiger partial charge is 0.143 e. The van der Waals surface area contributed by atoms with Gasteiger partial charge in [-0.1, -0.05) is 194 Å². The maximum atomic E-state index is 6.63. The molecule has 2 aliphatic rings. The van der Waals surface area contributed by atoms with Crippen LogP contribution >= 0.6 is 0 Å². The lowest BCUT2D eigenvalue weighted by molar-refractivity contribution is 0.669. The molecule has 1 spiro atoms. The first-order valence-corrected chi connectivity index (χ1v) is 22.2. The highest BCUT2D eigenvalue weighted by Gasteiger charge is 2.50. The number of benzene rings is 10. The Kier molecular flexibility index (Phi) is 7.41. The van der Waals surface area contributed by atoms with Crippen molar-refractivity contribution in [3.8, 4) is 55.6 Å². The lowest BCUT2D eigenvalue weighted by Crippen LogP contribution is -2.34. The second kappa shape index (κ2) is 13.4. The van der Waals surface area contributed by atoms with Gasteiger partial charge in [-0.2, -0.15) is 0 Å². The molecule has 0 unspecified atom stereocenters. The number of para-hydroxylation sites is 4. The molecule has 0 amide bonds. The van der Waals surface area contributed by atoms with E-state index in [4.69, 9.17) is 8.83 Å². The van der Waals surface area contributed by atoms with E-state index in [-0.39, 0.29) is 0 Å². The molecular weight excluding hydrogens is 777 g/mol. The van der Waals surface area contributed by atoms with Gasteiger partial charge in [0.25, 0.3) is 0 Å². The van der Waals surface area contributed by atoms with Gasteiger partial charge in [0.15, 0.2) is 0 Å². The lowest BCUT2D eigenvalue weighted by atomic mass is 9.61. The van der Waals surface area contributed by atoms with Crippen molar-refractivity contribution in [3.63, 3.8) is 0 Å². The maximum Gasteiger partial charge on any atom is 0.143 e. The minimum absolute atomic E-state index is 0.552. The quantitative estimate of drug-likeness (QED) is 0.177. The second-order valence-corrected chi connectivity index (χ2v) is 17.4. The van der Waals surface area contributed by atoms with Crippen molar-refractivity contribution in [2.45, 2.75) is 11.8 Å². The van der Waals surface area contributed by atoms with E-state index < -0.39 is 5.41 Å². The van der Waals surface area contributed by atoms with Crippen LogP contribution in [0.4, 0.5) is 0 Å². The van der Waals surface area contributed by atoms with Gasteiger partial charge < -0.3 is 8.83 Å². The molecular formula is C62H38O2. The summed E-state index contributed by atoms with van der Waals surface area (Å²) in [5.74, 6) is 0. The van der Waals surface area contributed by atoms with E-state index in [1.807, 2.05) is 12.1 Å². The molecule has 0 radical (unpaired) electrons. The van der Waals surface area contributed by atoms with E-state index in [1.54, 1.807) is 0 Å². The van der Waals surface area contributed by atoms with Crippen molar-refractivity contribution in [3.05, 3.63) is 252 Å². The Balaban J connectivity index is 1.00. The third-order valence-corrected chi connectivity index (χ3v) is 14.2. The van der Waals surface area contributed by atoms with Crippen molar-refractivity contribution in [1.29, 1.82) is 0 Å². The van der Waals surface area contributed by atoms with Crippen molar-refractivity contribution >= 4 is 43.9 Å². The first-order valence-electron chi connectivity index (χ1n) is 22.2. The van der Waals surface area contributed by atoms with Gasteiger partial charge in [0, 0.05) is 32.7 Å². The highest BCUT2D eigenvalue weighted by molar-refractivity contribution is 6.12. The van der Waals surface area contributed by atoms with E-state index in [9.17, 15) is 0 Å². The summed E-state index contributed by atoms with van der Waals surface area (Å²) in [6.45, 7) is 0. The summed E-state index contributed by atoms with van der Waals surface area (Å²) in [4.78, 5) is 0. The fraction of sp³-hybridized carbons (Fsp3) is 0.0323. The summed E-state index contributed by atoms with van der Waals surface area (Å²) in [6.07, 6.45) is 0.844. The molecule has 0 aliphatic heterocycles. The van der Waals surface area contributed by atoms with E-state index in [0.29, 0.717) is 0 Å². The Morgan fingerprint density at radius 2 is 0.656 bits per heavy atom. The Morgan fingerprint density at radius 3 is 1.14 bits per heavy atom. The predicted molar refractivity (Wildman–Crippen MR) is 263 cm³/mol. The first kappa shape index (κ1) is 35.4. The molecule has 12 aromatic rings. The van der Waals surface area contributed by atoms with Crippen molar-refractivity contribution < 1.29 is 8.83 Å². The molecule has 2 aromatic heterocycles. The standard InChI is InChI=1S/C62H38O2/c1-3-17-44(50-23-13-25-52-48-21-7-11-29-58(48)63-60(50)52)42(15-1)38-31-33-40-35-41-34-32-39(37-57(41)62(56(40)36-38)54-27-9-5-19-46(54)47-20-6-10-28-55(47)62)43-16-2-4-18-45(43)51-24-14-26-53-49-22-8-12-30-59(49)64-61(51)53/h1-34,36-37H,35H2. The molecule has 10 aromatic carbocycles. The predicted octanol–water partition coefficient (Wildman–Crippen LogP) is 16.4. The molecule has 0 fully saturated rings. The van der Waals surface area contributed by atoms with E-state index in [0.717, 1.165) is 72.6 Å². The maximum absolute atomic E-state index is 6.63. The molecule has 0 atom stereocenters. The number of hydrogen-bond donors (Lipinski definition) is 0. The van der Waals surface area contributed by atoms with Crippen LogP contribution in [0.15, 0.2) is 227 Å². The van der Waals surface area contributed by atoms with Gasteiger partial charge in [-0.25, -0.2) is 0 Å². The van der Waals surface area contributed by atoms with Crippen LogP contribution < -0.4 is 0 Å². The highest BCUT2D eigenvalue weighted by atomic mass is 16.3. The summed E-state index contributed by atoms with van der Waals surface area (Å²) in [5, 5.41) is 4.54. The summed E-state index contributed by atoms with van der Waals surface area (Å²) in [6, 6.07) is 80.1. The Labute approximate surface area is 370 Å². The Morgan fingerprint density at radius 1 is 0.281 bits per heavy atom. The van der Waals surface area contributed by atoms with Gasteiger partial charge in [-0.05, 0) is 109 Å². The molecule has 0 N–H and O–H groups in total. The normalized spacial score (nSPS) is 13.4. The van der Waals surface area contributed by atoms with Crippen LogP contribution in [0.2, 0.25) is 0 Å². The summed E-state index contributed by atoms with van der Waals surface area (Å²) < 4.78 is 13.3. The molecule has 2 nitrogen and oxygen atoms in total. The number of hydrogen-bond acceptors (Lipinski definition) is 2. The van der Waals surface area contributed by atoms with E-state index in [2.05, 4.69) is 206 Å². The van der Waals surface area contributed by atoms with E-state index in [1.165, 1.54) is 66.8 Å². The lowest BCUT2D eigenvalue weighted by Gasteiger charge is -2.41. The van der Waals surface area contributed by atoms with Crippen LogP contribution in [0.25, 0.3) is 99.5 Å². The molecule has 64 heavy (non-hydrogen) atoms. The molecule has 2 aliphatic carbocycles. The van der Waals surface area contributed by atoms with Crippen molar-refractivity contribution in [1.82, 2.24) is 0 Å². The molecule has 0 saturated carbocycles. The van der Waals surface area contributed by atoms with Gasteiger partial charge in [0.1, 0.15) is 22.3 Å². The molecule has 14 rings (SSSR count). The van der Waals surface area contributed by atoms with Crippen LogP contribution in [0.5, 0.6) is 0 Å². The highest BCUT2D eigenvalue weighted by Crippen LogP contribution is 2.60. The van der Waals surface area contributed by atoms with Crippen LogP contribution in [-0.4, -0.2) is 0 Å². The Bertz CT molecular complexity index is 3640. The van der Waals surface area contributed by atoms with Crippen LogP contribution in [-0.2, 0) is 11.8 Å². The largest absolute Gasteiger partial charge is 0.455 e. The topological polar surface area (TPSA) is 26.3 Å². The summed E-state index contributed by atoms with van der Waals surface area (Å²) in [5.41, 5.74) is 23.0. The fourth-order valence-electron chi connectivity index (χ4n) is 11.5. The van der Waals surface area contributed by atoms with E-state index >= 15 is 0 Å². The van der Waals surface area contributed by atoms with Crippen LogP contribution in [0.3, 0.4) is 0 Å². The van der Waals surface area contributed by atoms with Gasteiger partial charge >= 0.3 is 0 Å². The third-order valence-electron chi connectivity index (χ3n) is 14.2. The summed E-state index contributed by atoms with van der Waals surface area (Å²) >= 11 is 0. The molecule has 0 bridgehead atoms. The minimum Gasteiger partial charge on any atom is -0.455 e. The molecule has 2 heterocycles. The molecule has 298 valence electrons. The zero-order valence-corrected chi connectivity index (χ0v) is 34.8. The van der Waals surface area contributed by atoms with Gasteiger partial charge in [0.2, 0.25) is 0 Å². The second-order valence-electron chi connectivity index (χ2n) is 17.4. The summed E-state index contributed by atoms with van der Waals surface area (Å²) in [7, 11) is 0. The molecule has 2 heteroatoms. The van der Waals surface area contributed by atoms with Gasteiger partial charge in [-0.3, -0.25) is 0 Å². The zero-order chi connectivity index (χ0) is 41.9. The monoisotopic (exact) mass is 814 g/mol. The Hall–Kier alpha value is -8.20. The first-order chi connectivity index (χ1) is 31.7. The van der Waals surface area contributed by atoms with Crippen molar-refractivity contribution in [2.24, 2.45) is 0 Å². The number of fused-ring (bicyclic) bond motifs is 15. The van der Waals surface area contributed by atoms with Crippen molar-refractivity contribution in [2.75, 3.05) is 0 Å². The van der Waals surface area contributed by atoms with Crippen LogP contribution in [0, 0.1) is 0 Å². The SMILES string of the molecule is c1ccc(-c2cccc3c2oc2ccccc23)c(-c2ccc3c(c2)C2(c4cc(-c5ccccc5-c5cccc6c5oc5ccccc56)ccc4C3)c3ccccc3-c3ccccc32)c1. The minimum atomic E-state index is -0.552. The van der Waals surface area contributed by atoms with Gasteiger partial charge in [0.05, 0.1) is 5.41 Å².